The number of tetrazole rings is 1. The van der Waals surface area contributed by atoms with Crippen LogP contribution in [-0.4, -0.2) is 50.2 Å². The Balaban J connectivity index is 1.82. The van der Waals surface area contributed by atoms with Crippen molar-refractivity contribution in [2.75, 3.05) is 19.0 Å². The fourth-order valence-electron chi connectivity index (χ4n) is 2.82. The molecular weight excluding hydrogens is 280 g/mol. The average Bonchev–Trinajstić information content (AvgIpc) is 3.10. The van der Waals surface area contributed by atoms with Crippen LogP contribution in [0.2, 0.25) is 0 Å². The summed E-state index contributed by atoms with van der Waals surface area (Å²) in [7, 11) is 0. The summed E-state index contributed by atoms with van der Waals surface area (Å²) in [6.45, 7) is 1.31. The van der Waals surface area contributed by atoms with Crippen LogP contribution < -0.4 is 0 Å². The lowest BCUT2D eigenvalue weighted by atomic mass is 9.80. The molecule has 0 amide bonds. The van der Waals surface area contributed by atoms with E-state index in [1.165, 1.54) is 6.42 Å². The van der Waals surface area contributed by atoms with E-state index in [4.69, 9.17) is 4.74 Å². The highest BCUT2D eigenvalue weighted by Gasteiger charge is 2.42. The van der Waals surface area contributed by atoms with Gasteiger partial charge < -0.3 is 9.84 Å². The first-order valence-corrected chi connectivity index (χ1v) is 7.95. The molecule has 2 aliphatic heterocycles. The molecule has 7 nitrogen and oxygen atoms in total. The topological polar surface area (TPSA) is 90.1 Å². The third-order valence-corrected chi connectivity index (χ3v) is 5.51. The van der Waals surface area contributed by atoms with E-state index in [1.807, 2.05) is 11.8 Å². The summed E-state index contributed by atoms with van der Waals surface area (Å²) in [5.74, 6) is 1.16. The van der Waals surface area contributed by atoms with Gasteiger partial charge in [0.1, 0.15) is 0 Å². The molecule has 0 radical (unpaired) electrons. The minimum atomic E-state index is -0.800. The predicted molar refractivity (Wildman–Crippen MR) is 72.4 cm³/mol. The van der Waals surface area contributed by atoms with Crippen LogP contribution in [0.1, 0.15) is 36.8 Å². The van der Waals surface area contributed by atoms with Crippen molar-refractivity contribution in [1.82, 2.24) is 20.2 Å². The van der Waals surface area contributed by atoms with Crippen molar-refractivity contribution in [3.05, 3.63) is 5.82 Å². The largest absolute Gasteiger partial charge is 0.481 e. The zero-order chi connectivity index (χ0) is 14.0. The van der Waals surface area contributed by atoms with Crippen LogP contribution in [0.15, 0.2) is 0 Å². The molecule has 8 heteroatoms. The lowest BCUT2D eigenvalue weighted by molar-refractivity contribution is -0.156. The molecule has 0 aliphatic carbocycles. The number of carboxylic acids is 1. The van der Waals surface area contributed by atoms with Crippen molar-refractivity contribution in [2.24, 2.45) is 5.41 Å². The molecule has 2 fully saturated rings. The summed E-state index contributed by atoms with van der Waals surface area (Å²) in [6.07, 6.45) is 3.26. The minimum Gasteiger partial charge on any atom is -0.481 e. The summed E-state index contributed by atoms with van der Waals surface area (Å²) >= 11 is 1.85. The van der Waals surface area contributed by atoms with Gasteiger partial charge in [-0.1, -0.05) is 0 Å². The van der Waals surface area contributed by atoms with Crippen LogP contribution in [0.4, 0.5) is 0 Å². The number of hydrogen-bond donors (Lipinski definition) is 1. The van der Waals surface area contributed by atoms with Crippen molar-refractivity contribution in [3.63, 3.8) is 0 Å². The molecule has 3 rings (SSSR count). The number of hydrogen-bond acceptors (Lipinski definition) is 6. The summed E-state index contributed by atoms with van der Waals surface area (Å²) < 4.78 is 6.99. The minimum absolute atomic E-state index is 0.302. The van der Waals surface area contributed by atoms with Gasteiger partial charge in [-0.2, -0.15) is 11.8 Å². The molecule has 0 bridgehead atoms. The highest BCUT2D eigenvalue weighted by atomic mass is 32.2. The van der Waals surface area contributed by atoms with Crippen molar-refractivity contribution < 1.29 is 14.6 Å². The normalized spacial score (nSPS) is 25.7. The number of nitrogens with zero attached hydrogens (tertiary/aromatic N) is 4. The predicted octanol–water partition coefficient (Wildman–Crippen LogP) is 1.12. The average molecular weight is 298 g/mol. The molecule has 2 aliphatic rings. The highest BCUT2D eigenvalue weighted by Crippen LogP contribution is 2.40. The maximum Gasteiger partial charge on any atom is 0.311 e. The first-order valence-electron chi connectivity index (χ1n) is 6.90. The number of ether oxygens (including phenoxy) is 1. The van der Waals surface area contributed by atoms with Gasteiger partial charge in [-0.05, 0) is 41.9 Å². The second-order valence-electron chi connectivity index (χ2n) is 5.39. The Morgan fingerprint density at radius 1 is 1.50 bits per heavy atom. The second kappa shape index (κ2) is 5.69. The number of aromatic nitrogens is 4. The molecule has 1 N–H and O–H groups in total. The maximum absolute atomic E-state index is 11.7. The van der Waals surface area contributed by atoms with Gasteiger partial charge in [0.2, 0.25) is 0 Å². The molecule has 1 atom stereocenters. The van der Waals surface area contributed by atoms with Crippen molar-refractivity contribution in [1.29, 1.82) is 0 Å². The molecule has 0 spiro atoms. The standard InChI is InChI=1S/C12H18N4O3S/c17-11(18)12(3-5-19-6-4-12)8-16-10(13-14-15-16)9-2-1-7-20-9/h9H,1-8H2,(H,17,18). The summed E-state index contributed by atoms with van der Waals surface area (Å²) in [5, 5.41) is 21.8. The van der Waals surface area contributed by atoms with E-state index in [0.717, 1.165) is 18.0 Å². The Bertz CT molecular complexity index is 481. The number of carboxylic acid groups (broad SMARTS) is 1. The van der Waals surface area contributed by atoms with Gasteiger partial charge in [0.15, 0.2) is 5.82 Å². The van der Waals surface area contributed by atoms with E-state index in [0.29, 0.717) is 37.9 Å². The Morgan fingerprint density at radius 3 is 2.95 bits per heavy atom. The Labute approximate surface area is 121 Å². The van der Waals surface area contributed by atoms with E-state index in [1.54, 1.807) is 4.68 Å². The van der Waals surface area contributed by atoms with Gasteiger partial charge in [-0.3, -0.25) is 4.79 Å². The third-order valence-electron chi connectivity index (χ3n) is 4.13. The molecular formula is C12H18N4O3S. The van der Waals surface area contributed by atoms with Gasteiger partial charge in [0.25, 0.3) is 0 Å². The lowest BCUT2D eigenvalue weighted by Crippen LogP contribution is -2.41. The van der Waals surface area contributed by atoms with Crippen LogP contribution in [0.25, 0.3) is 0 Å². The Kier molecular flexibility index (Phi) is 3.93. The first kappa shape index (κ1) is 13.8. The molecule has 110 valence electrons. The van der Waals surface area contributed by atoms with Crippen LogP contribution in [0.3, 0.4) is 0 Å². The molecule has 0 saturated carbocycles. The lowest BCUT2D eigenvalue weighted by Gasteiger charge is -2.33. The molecule has 2 saturated heterocycles. The summed E-state index contributed by atoms with van der Waals surface area (Å²) in [6, 6.07) is 0. The number of carbonyl (C=O) groups is 1. The summed E-state index contributed by atoms with van der Waals surface area (Å²) in [5.41, 5.74) is -0.800. The number of aliphatic carboxylic acids is 1. The van der Waals surface area contributed by atoms with E-state index in [-0.39, 0.29) is 0 Å². The second-order valence-corrected chi connectivity index (χ2v) is 6.70. The SMILES string of the molecule is O=C(O)C1(Cn2nnnc2C2CCCS2)CCOCC1. The van der Waals surface area contributed by atoms with Gasteiger partial charge in [-0.25, -0.2) is 4.68 Å². The smallest absolute Gasteiger partial charge is 0.311 e. The van der Waals surface area contributed by atoms with Crippen LogP contribution in [0.5, 0.6) is 0 Å². The Morgan fingerprint density at radius 2 is 2.30 bits per heavy atom. The van der Waals surface area contributed by atoms with Gasteiger partial charge in [0, 0.05) is 13.2 Å². The van der Waals surface area contributed by atoms with E-state index < -0.39 is 11.4 Å². The molecule has 1 aromatic heterocycles. The number of thioether (sulfide) groups is 1. The van der Waals surface area contributed by atoms with E-state index in [9.17, 15) is 9.90 Å². The zero-order valence-corrected chi connectivity index (χ0v) is 12.0. The maximum atomic E-state index is 11.7. The zero-order valence-electron chi connectivity index (χ0n) is 11.2. The van der Waals surface area contributed by atoms with Crippen LogP contribution in [-0.2, 0) is 16.1 Å². The highest BCUT2D eigenvalue weighted by molar-refractivity contribution is 7.99. The van der Waals surface area contributed by atoms with Gasteiger partial charge >= 0.3 is 5.97 Å². The molecule has 1 aromatic rings. The van der Waals surface area contributed by atoms with Crippen molar-refractivity contribution in [3.8, 4) is 0 Å². The van der Waals surface area contributed by atoms with Crippen molar-refractivity contribution >= 4 is 17.7 Å². The molecule has 1 unspecified atom stereocenters. The Hall–Kier alpha value is -1.15. The molecule has 20 heavy (non-hydrogen) atoms. The van der Waals surface area contributed by atoms with E-state index >= 15 is 0 Å². The van der Waals surface area contributed by atoms with Crippen LogP contribution >= 0.6 is 11.8 Å². The third kappa shape index (κ3) is 2.54. The molecule has 3 heterocycles. The summed E-state index contributed by atoms with van der Waals surface area (Å²) in [4.78, 5) is 11.7. The number of rotatable bonds is 4. The first-order chi connectivity index (χ1) is 9.71. The van der Waals surface area contributed by atoms with Gasteiger partial charge in [0.05, 0.1) is 17.2 Å². The van der Waals surface area contributed by atoms with Gasteiger partial charge in [-0.15, -0.1) is 5.10 Å². The van der Waals surface area contributed by atoms with Crippen LogP contribution in [0, 0.1) is 5.41 Å². The molecule has 0 aromatic carbocycles. The monoisotopic (exact) mass is 298 g/mol. The fraction of sp³-hybridized carbons (Fsp3) is 0.833. The fourth-order valence-corrected chi connectivity index (χ4v) is 4.09. The quantitative estimate of drug-likeness (QED) is 0.890. The van der Waals surface area contributed by atoms with Crippen molar-refractivity contribution in [2.45, 2.75) is 37.5 Å². The van der Waals surface area contributed by atoms with E-state index in [2.05, 4.69) is 15.5 Å².